The van der Waals surface area contributed by atoms with Crippen molar-refractivity contribution in [2.75, 3.05) is 18.8 Å². The molecule has 2 heterocycles. The maximum absolute atomic E-state index is 11.6. The molecule has 0 aliphatic carbocycles. The van der Waals surface area contributed by atoms with E-state index in [0.29, 0.717) is 12.5 Å². The number of benzene rings is 1. The molecule has 144 valence electrons. The fourth-order valence-electron chi connectivity index (χ4n) is 2.93. The van der Waals surface area contributed by atoms with Gasteiger partial charge in [0.1, 0.15) is 0 Å². The predicted octanol–water partition coefficient (Wildman–Crippen LogP) is 4.00. The Hall–Kier alpha value is -1.80. The Kier molecular flexibility index (Phi) is 6.59. The lowest BCUT2D eigenvalue weighted by Gasteiger charge is -2.15. The molecule has 27 heavy (non-hydrogen) atoms. The van der Waals surface area contributed by atoms with Crippen LogP contribution in [0.5, 0.6) is 0 Å². The van der Waals surface area contributed by atoms with E-state index >= 15 is 0 Å². The molecule has 1 N–H and O–H groups in total. The maximum atomic E-state index is 11.6. The molecular weight excluding hydrogens is 428 g/mol. The summed E-state index contributed by atoms with van der Waals surface area (Å²) in [6.07, 6.45) is 2.66. The number of imide groups is 1. The Morgan fingerprint density at radius 2 is 2.00 bits per heavy atom. The number of urea groups is 1. The molecule has 1 aliphatic rings. The molecule has 0 atom stereocenters. The van der Waals surface area contributed by atoms with Crippen molar-refractivity contribution in [2.45, 2.75) is 32.0 Å². The van der Waals surface area contributed by atoms with Gasteiger partial charge in [0.15, 0.2) is 5.16 Å². The number of thioether (sulfide) groups is 1. The average Bonchev–Trinajstić information content (AvgIpc) is 3.16. The van der Waals surface area contributed by atoms with E-state index < -0.39 is 0 Å². The first-order chi connectivity index (χ1) is 13.0. The van der Waals surface area contributed by atoms with Crippen molar-refractivity contribution in [1.29, 1.82) is 0 Å². The van der Waals surface area contributed by atoms with Gasteiger partial charge in [-0.15, -0.1) is 0 Å². The Morgan fingerprint density at radius 1 is 1.26 bits per heavy atom. The summed E-state index contributed by atoms with van der Waals surface area (Å²) in [5, 5.41) is 3.52. The maximum Gasteiger partial charge on any atom is 0.324 e. The Labute approximate surface area is 171 Å². The number of amides is 3. The van der Waals surface area contributed by atoms with Crippen LogP contribution in [0.2, 0.25) is 0 Å². The smallest absolute Gasteiger partial charge is 0.324 e. The fraction of sp³-hybridized carbons (Fsp3) is 0.421. The van der Waals surface area contributed by atoms with Crippen LogP contribution in [-0.4, -0.2) is 45.2 Å². The molecule has 1 fully saturated rings. The van der Waals surface area contributed by atoms with Crippen LogP contribution in [0.3, 0.4) is 0 Å². The van der Waals surface area contributed by atoms with Crippen LogP contribution in [0.1, 0.15) is 20.3 Å². The standard InChI is InChI=1S/C19H23BrN4O2S/c1-13(2)12-24-16(14-4-6-15(20)7-5-14)10-22-19(24)27-9-3-8-23-17(25)11-21-18(23)26/h4-7,10,13H,3,8-9,11-12H2,1-2H3,(H,21,26). The second kappa shape index (κ2) is 8.93. The van der Waals surface area contributed by atoms with E-state index in [4.69, 9.17) is 0 Å². The summed E-state index contributed by atoms with van der Waals surface area (Å²) in [5.74, 6) is 1.15. The first-order valence-corrected chi connectivity index (χ1v) is 10.8. The van der Waals surface area contributed by atoms with Gasteiger partial charge >= 0.3 is 6.03 Å². The minimum atomic E-state index is -0.288. The molecule has 0 spiro atoms. The quantitative estimate of drug-likeness (QED) is 0.374. The first-order valence-electron chi connectivity index (χ1n) is 8.98. The number of imidazole rings is 1. The highest BCUT2D eigenvalue weighted by atomic mass is 79.9. The largest absolute Gasteiger partial charge is 0.329 e. The fourth-order valence-corrected chi connectivity index (χ4v) is 4.11. The van der Waals surface area contributed by atoms with Gasteiger partial charge in [0.25, 0.3) is 0 Å². The Morgan fingerprint density at radius 3 is 2.63 bits per heavy atom. The highest BCUT2D eigenvalue weighted by Crippen LogP contribution is 2.28. The van der Waals surface area contributed by atoms with E-state index in [-0.39, 0.29) is 18.5 Å². The van der Waals surface area contributed by atoms with Crippen molar-refractivity contribution in [3.8, 4) is 11.3 Å². The van der Waals surface area contributed by atoms with Gasteiger partial charge in [-0.1, -0.05) is 53.7 Å². The summed E-state index contributed by atoms with van der Waals surface area (Å²) in [6, 6.07) is 7.96. The zero-order valence-electron chi connectivity index (χ0n) is 15.4. The van der Waals surface area contributed by atoms with Gasteiger partial charge in [-0.05, 0) is 30.0 Å². The predicted molar refractivity (Wildman–Crippen MR) is 111 cm³/mol. The molecule has 0 saturated carbocycles. The van der Waals surface area contributed by atoms with Crippen LogP contribution in [-0.2, 0) is 11.3 Å². The van der Waals surface area contributed by atoms with Crippen molar-refractivity contribution in [2.24, 2.45) is 5.92 Å². The summed E-state index contributed by atoms with van der Waals surface area (Å²) < 4.78 is 3.31. The SMILES string of the molecule is CC(C)Cn1c(-c2ccc(Br)cc2)cnc1SCCCN1C(=O)CNC1=O. The molecular formula is C19H23BrN4O2S. The number of rotatable bonds is 8. The van der Waals surface area contributed by atoms with Crippen LogP contribution in [0.4, 0.5) is 4.79 Å². The molecule has 1 aliphatic heterocycles. The number of aromatic nitrogens is 2. The molecule has 1 saturated heterocycles. The third-order valence-electron chi connectivity index (χ3n) is 4.20. The van der Waals surface area contributed by atoms with Crippen molar-refractivity contribution in [3.63, 3.8) is 0 Å². The number of carbonyl (C=O) groups excluding carboxylic acids is 2. The molecule has 6 nitrogen and oxygen atoms in total. The molecule has 8 heteroatoms. The number of hydrogen-bond acceptors (Lipinski definition) is 4. The van der Waals surface area contributed by atoms with Crippen LogP contribution >= 0.6 is 27.7 Å². The molecule has 2 aromatic rings. The van der Waals surface area contributed by atoms with Gasteiger partial charge in [0.05, 0.1) is 18.4 Å². The molecule has 3 rings (SSSR count). The summed E-state index contributed by atoms with van der Waals surface area (Å²) in [5.41, 5.74) is 2.24. The third kappa shape index (κ3) is 4.93. The van der Waals surface area contributed by atoms with Gasteiger partial charge in [-0.3, -0.25) is 9.69 Å². The van der Waals surface area contributed by atoms with Crippen LogP contribution in [0, 0.1) is 5.92 Å². The summed E-state index contributed by atoms with van der Waals surface area (Å²) >= 11 is 5.14. The van der Waals surface area contributed by atoms with E-state index in [1.54, 1.807) is 11.8 Å². The Bertz CT molecular complexity index is 804. The van der Waals surface area contributed by atoms with Gasteiger partial charge < -0.3 is 9.88 Å². The first kappa shape index (κ1) is 19.9. The number of hydrogen-bond donors (Lipinski definition) is 1. The minimum Gasteiger partial charge on any atom is -0.329 e. The van der Waals surface area contributed by atoms with Crippen molar-refractivity contribution < 1.29 is 9.59 Å². The van der Waals surface area contributed by atoms with E-state index in [2.05, 4.69) is 56.8 Å². The van der Waals surface area contributed by atoms with Gasteiger partial charge in [-0.25, -0.2) is 9.78 Å². The lowest BCUT2D eigenvalue weighted by molar-refractivity contribution is -0.124. The zero-order valence-corrected chi connectivity index (χ0v) is 17.8. The summed E-state index contributed by atoms with van der Waals surface area (Å²) in [7, 11) is 0. The number of nitrogens with zero attached hydrogens (tertiary/aromatic N) is 3. The number of nitrogens with one attached hydrogen (secondary N) is 1. The summed E-state index contributed by atoms with van der Waals surface area (Å²) in [6.45, 7) is 5.83. The Balaban J connectivity index is 1.66. The minimum absolute atomic E-state index is 0.112. The van der Waals surface area contributed by atoms with Crippen molar-refractivity contribution >= 4 is 39.6 Å². The lowest BCUT2D eigenvalue weighted by Crippen LogP contribution is -2.32. The van der Waals surface area contributed by atoms with E-state index in [1.807, 2.05) is 18.3 Å². The lowest BCUT2D eigenvalue weighted by atomic mass is 10.1. The molecule has 3 amide bonds. The second-order valence-electron chi connectivity index (χ2n) is 6.84. The van der Waals surface area contributed by atoms with Gasteiger partial charge in [0.2, 0.25) is 5.91 Å². The molecule has 0 unspecified atom stereocenters. The number of carbonyl (C=O) groups is 2. The normalized spacial score (nSPS) is 14.3. The van der Waals surface area contributed by atoms with Crippen LogP contribution < -0.4 is 5.32 Å². The molecule has 0 bridgehead atoms. The highest BCUT2D eigenvalue weighted by Gasteiger charge is 2.27. The topological polar surface area (TPSA) is 67.2 Å². The van der Waals surface area contributed by atoms with Crippen LogP contribution in [0.25, 0.3) is 11.3 Å². The monoisotopic (exact) mass is 450 g/mol. The van der Waals surface area contributed by atoms with Gasteiger partial charge in [0, 0.05) is 23.3 Å². The second-order valence-corrected chi connectivity index (χ2v) is 8.82. The van der Waals surface area contributed by atoms with Crippen molar-refractivity contribution in [1.82, 2.24) is 19.8 Å². The van der Waals surface area contributed by atoms with Crippen molar-refractivity contribution in [3.05, 3.63) is 34.9 Å². The highest BCUT2D eigenvalue weighted by molar-refractivity contribution is 9.10. The van der Waals surface area contributed by atoms with E-state index in [1.165, 1.54) is 4.90 Å². The van der Waals surface area contributed by atoms with E-state index in [0.717, 1.165) is 39.6 Å². The average molecular weight is 451 g/mol. The summed E-state index contributed by atoms with van der Waals surface area (Å²) in [4.78, 5) is 29.1. The van der Waals surface area contributed by atoms with Crippen LogP contribution in [0.15, 0.2) is 40.1 Å². The van der Waals surface area contributed by atoms with Gasteiger partial charge in [-0.2, -0.15) is 0 Å². The van der Waals surface area contributed by atoms with E-state index in [9.17, 15) is 9.59 Å². The number of halogens is 1. The molecule has 1 aromatic carbocycles. The molecule has 0 radical (unpaired) electrons. The molecule has 1 aromatic heterocycles. The zero-order chi connectivity index (χ0) is 19.4. The third-order valence-corrected chi connectivity index (χ3v) is 5.81.